The molecule has 22 heavy (non-hydrogen) atoms. The van der Waals surface area contributed by atoms with Gasteiger partial charge in [0.05, 0.1) is 6.54 Å². The normalized spacial score (nSPS) is 15.1. The van der Waals surface area contributed by atoms with Crippen LogP contribution in [0.3, 0.4) is 0 Å². The Morgan fingerprint density at radius 2 is 2.09 bits per heavy atom. The summed E-state index contributed by atoms with van der Waals surface area (Å²) < 4.78 is 0. The summed E-state index contributed by atoms with van der Waals surface area (Å²) in [4.78, 5) is 12.1. The van der Waals surface area contributed by atoms with Gasteiger partial charge in [-0.1, -0.05) is 31.2 Å². The van der Waals surface area contributed by atoms with E-state index in [0.29, 0.717) is 6.42 Å². The van der Waals surface area contributed by atoms with Crippen molar-refractivity contribution in [1.82, 2.24) is 5.32 Å². The molecular formula is C18H23NO2S. The molecule has 2 aromatic rings. The van der Waals surface area contributed by atoms with Crippen molar-refractivity contribution in [2.24, 2.45) is 0 Å². The molecule has 2 N–H and O–H groups in total. The van der Waals surface area contributed by atoms with Crippen LogP contribution in [0.1, 0.15) is 42.9 Å². The van der Waals surface area contributed by atoms with Crippen molar-refractivity contribution >= 4 is 17.2 Å². The Balaban J connectivity index is 1.89. The van der Waals surface area contributed by atoms with Crippen molar-refractivity contribution in [3.8, 4) is 0 Å². The minimum atomic E-state index is -1.03. The Morgan fingerprint density at radius 1 is 1.36 bits per heavy atom. The molecule has 0 aliphatic heterocycles. The Morgan fingerprint density at radius 3 is 2.73 bits per heavy atom. The monoisotopic (exact) mass is 317 g/mol. The van der Waals surface area contributed by atoms with E-state index in [4.69, 9.17) is 0 Å². The molecule has 0 saturated heterocycles. The highest BCUT2D eigenvalue weighted by atomic mass is 32.1. The highest BCUT2D eigenvalue weighted by Crippen LogP contribution is 2.24. The predicted molar refractivity (Wildman–Crippen MR) is 91.1 cm³/mol. The summed E-state index contributed by atoms with van der Waals surface area (Å²) >= 11 is 1.54. The molecule has 2 unspecified atom stereocenters. The van der Waals surface area contributed by atoms with Gasteiger partial charge in [0.15, 0.2) is 0 Å². The maximum Gasteiger partial charge on any atom is 0.220 e. The summed E-state index contributed by atoms with van der Waals surface area (Å²) in [6.45, 7) is 6.06. The lowest BCUT2D eigenvalue weighted by Gasteiger charge is -2.23. The molecule has 0 spiro atoms. The number of aryl methyl sites for hydroxylation is 1. The van der Waals surface area contributed by atoms with Crippen LogP contribution in [0.2, 0.25) is 0 Å². The van der Waals surface area contributed by atoms with E-state index < -0.39 is 5.60 Å². The SMILES string of the molecule is Cc1ccccc1C(C)CC(=O)NCC(C)(O)c1ccsc1. The Hall–Kier alpha value is -1.65. The number of rotatable bonds is 6. The van der Waals surface area contributed by atoms with E-state index in [1.54, 1.807) is 6.92 Å². The molecule has 118 valence electrons. The number of benzene rings is 1. The number of hydrogen-bond donors (Lipinski definition) is 2. The van der Waals surface area contributed by atoms with Gasteiger partial charge in [-0.25, -0.2) is 0 Å². The average Bonchev–Trinajstić information content (AvgIpc) is 3.00. The van der Waals surface area contributed by atoms with Crippen LogP contribution < -0.4 is 5.32 Å². The van der Waals surface area contributed by atoms with Gasteiger partial charge in [0.1, 0.15) is 5.60 Å². The molecule has 0 aliphatic rings. The minimum absolute atomic E-state index is 0.0359. The summed E-state index contributed by atoms with van der Waals surface area (Å²) in [5.41, 5.74) is 2.21. The first kappa shape index (κ1) is 16.7. The maximum atomic E-state index is 12.1. The smallest absolute Gasteiger partial charge is 0.220 e. The summed E-state index contributed by atoms with van der Waals surface area (Å²) in [7, 11) is 0. The van der Waals surface area contributed by atoms with E-state index >= 15 is 0 Å². The van der Waals surface area contributed by atoms with Crippen LogP contribution in [0.25, 0.3) is 0 Å². The lowest BCUT2D eigenvalue weighted by molar-refractivity contribution is -0.122. The predicted octanol–water partition coefficient (Wildman–Crippen LogP) is 3.57. The van der Waals surface area contributed by atoms with Gasteiger partial charge in [-0.15, -0.1) is 0 Å². The molecule has 2 rings (SSSR count). The molecule has 1 aromatic carbocycles. The van der Waals surface area contributed by atoms with Crippen LogP contribution in [0.15, 0.2) is 41.1 Å². The number of aliphatic hydroxyl groups is 1. The second-order valence-electron chi connectivity index (χ2n) is 6.02. The molecule has 0 fully saturated rings. The van der Waals surface area contributed by atoms with Gasteiger partial charge in [-0.05, 0) is 53.3 Å². The van der Waals surface area contributed by atoms with E-state index in [0.717, 1.165) is 5.56 Å². The lowest BCUT2D eigenvalue weighted by atomic mass is 9.93. The zero-order valence-corrected chi connectivity index (χ0v) is 14.1. The quantitative estimate of drug-likeness (QED) is 0.855. The first-order valence-corrected chi connectivity index (χ1v) is 8.41. The minimum Gasteiger partial charge on any atom is -0.384 e. The fourth-order valence-corrected chi connectivity index (χ4v) is 3.33. The van der Waals surface area contributed by atoms with Crippen molar-refractivity contribution in [1.29, 1.82) is 0 Å². The van der Waals surface area contributed by atoms with Crippen LogP contribution in [-0.2, 0) is 10.4 Å². The Labute approximate surface area is 136 Å². The first-order chi connectivity index (χ1) is 10.4. The highest BCUT2D eigenvalue weighted by molar-refractivity contribution is 7.08. The zero-order chi connectivity index (χ0) is 16.2. The van der Waals surface area contributed by atoms with Crippen LogP contribution in [0, 0.1) is 6.92 Å². The second-order valence-corrected chi connectivity index (χ2v) is 6.80. The van der Waals surface area contributed by atoms with E-state index in [1.165, 1.54) is 22.5 Å². The molecule has 0 aliphatic carbocycles. The van der Waals surface area contributed by atoms with Gasteiger partial charge in [0.25, 0.3) is 0 Å². The fraction of sp³-hybridized carbons (Fsp3) is 0.389. The second kappa shape index (κ2) is 7.07. The summed E-state index contributed by atoms with van der Waals surface area (Å²) in [6.07, 6.45) is 0.421. The van der Waals surface area contributed by atoms with Gasteiger partial charge in [-0.2, -0.15) is 11.3 Å². The molecule has 2 atom stereocenters. The van der Waals surface area contributed by atoms with Crippen molar-refractivity contribution in [2.75, 3.05) is 6.54 Å². The molecule has 3 nitrogen and oxygen atoms in total. The molecule has 0 radical (unpaired) electrons. The van der Waals surface area contributed by atoms with Crippen molar-refractivity contribution in [3.63, 3.8) is 0 Å². The van der Waals surface area contributed by atoms with Crippen LogP contribution >= 0.6 is 11.3 Å². The van der Waals surface area contributed by atoms with E-state index in [1.807, 2.05) is 29.0 Å². The topological polar surface area (TPSA) is 49.3 Å². The fourth-order valence-electron chi connectivity index (χ4n) is 2.54. The molecule has 0 bridgehead atoms. The van der Waals surface area contributed by atoms with Gasteiger partial charge in [-0.3, -0.25) is 4.79 Å². The van der Waals surface area contributed by atoms with Crippen LogP contribution in [0.4, 0.5) is 0 Å². The summed E-state index contributed by atoms with van der Waals surface area (Å²) in [5, 5.41) is 17.1. The molecule has 1 amide bonds. The van der Waals surface area contributed by atoms with E-state index in [9.17, 15) is 9.90 Å². The number of nitrogens with one attached hydrogen (secondary N) is 1. The molecule has 1 aromatic heterocycles. The number of thiophene rings is 1. The van der Waals surface area contributed by atoms with Gasteiger partial charge in [0, 0.05) is 6.42 Å². The number of hydrogen-bond acceptors (Lipinski definition) is 3. The number of amides is 1. The van der Waals surface area contributed by atoms with E-state index in [-0.39, 0.29) is 18.4 Å². The summed E-state index contributed by atoms with van der Waals surface area (Å²) in [5.74, 6) is 0.124. The standard InChI is InChI=1S/C18H23NO2S/c1-13-6-4-5-7-16(13)14(2)10-17(20)19-12-18(3,21)15-8-9-22-11-15/h4-9,11,14,21H,10,12H2,1-3H3,(H,19,20). The molecular weight excluding hydrogens is 294 g/mol. The van der Waals surface area contributed by atoms with Crippen LogP contribution in [-0.4, -0.2) is 17.6 Å². The van der Waals surface area contributed by atoms with Gasteiger partial charge >= 0.3 is 0 Å². The third-order valence-electron chi connectivity index (χ3n) is 3.98. The summed E-state index contributed by atoms with van der Waals surface area (Å²) in [6, 6.07) is 10.0. The largest absolute Gasteiger partial charge is 0.384 e. The Kier molecular flexibility index (Phi) is 5.37. The Bertz CT molecular complexity index is 620. The highest BCUT2D eigenvalue weighted by Gasteiger charge is 2.24. The van der Waals surface area contributed by atoms with Gasteiger partial charge in [0.2, 0.25) is 5.91 Å². The van der Waals surface area contributed by atoms with Crippen molar-refractivity contribution < 1.29 is 9.90 Å². The molecule has 4 heteroatoms. The third-order valence-corrected chi connectivity index (χ3v) is 4.67. The number of carbonyl (C=O) groups excluding carboxylic acids is 1. The first-order valence-electron chi connectivity index (χ1n) is 7.47. The number of carbonyl (C=O) groups is 1. The zero-order valence-electron chi connectivity index (χ0n) is 13.3. The maximum absolute atomic E-state index is 12.1. The van der Waals surface area contributed by atoms with Crippen LogP contribution in [0.5, 0.6) is 0 Å². The van der Waals surface area contributed by atoms with Crippen molar-refractivity contribution in [3.05, 3.63) is 57.8 Å². The van der Waals surface area contributed by atoms with Crippen molar-refractivity contribution in [2.45, 2.75) is 38.7 Å². The average molecular weight is 317 g/mol. The molecule has 0 saturated carbocycles. The molecule has 1 heterocycles. The lowest BCUT2D eigenvalue weighted by Crippen LogP contribution is -2.38. The van der Waals surface area contributed by atoms with Gasteiger partial charge < -0.3 is 10.4 Å². The third kappa shape index (κ3) is 4.18. The van der Waals surface area contributed by atoms with E-state index in [2.05, 4.69) is 31.3 Å².